The van der Waals surface area contributed by atoms with E-state index in [2.05, 4.69) is 5.32 Å². The first kappa shape index (κ1) is 13.5. The third-order valence-corrected chi connectivity index (χ3v) is 3.95. The number of rotatable bonds is 1. The summed E-state index contributed by atoms with van der Waals surface area (Å²) >= 11 is 0. The number of imide groups is 1. The Morgan fingerprint density at radius 1 is 1.00 bits per heavy atom. The summed E-state index contributed by atoms with van der Waals surface area (Å²) in [7, 11) is 0. The summed E-state index contributed by atoms with van der Waals surface area (Å²) in [6.45, 7) is 1.63. The lowest BCUT2D eigenvalue weighted by atomic mass is 10.1. The minimum Gasteiger partial charge on any atom is -0.479 e. The second kappa shape index (κ2) is 4.67. The summed E-state index contributed by atoms with van der Waals surface area (Å²) in [6.07, 6.45) is -0.625. The normalized spacial score (nSPS) is 19.1. The van der Waals surface area contributed by atoms with E-state index in [1.165, 1.54) is 0 Å². The molecule has 0 aromatic heterocycles. The Labute approximate surface area is 131 Å². The predicted molar refractivity (Wildman–Crippen MR) is 82.7 cm³/mol. The fourth-order valence-electron chi connectivity index (χ4n) is 2.75. The van der Waals surface area contributed by atoms with Crippen molar-refractivity contribution in [1.29, 1.82) is 0 Å². The fourth-order valence-corrected chi connectivity index (χ4v) is 2.75. The average molecular weight is 308 g/mol. The molecule has 2 aliphatic rings. The molecular weight excluding hydrogens is 296 g/mol. The molecule has 0 fully saturated rings. The molecule has 2 aromatic carbocycles. The number of carbonyl (C=O) groups excluding carboxylic acids is 3. The van der Waals surface area contributed by atoms with Gasteiger partial charge in [-0.3, -0.25) is 14.4 Å². The van der Waals surface area contributed by atoms with Gasteiger partial charge >= 0.3 is 0 Å². The van der Waals surface area contributed by atoms with E-state index >= 15 is 0 Å². The highest BCUT2D eigenvalue weighted by Gasteiger charge is 2.37. The second-order valence-corrected chi connectivity index (χ2v) is 5.42. The van der Waals surface area contributed by atoms with E-state index in [0.717, 1.165) is 4.90 Å². The van der Waals surface area contributed by atoms with E-state index in [1.807, 2.05) is 0 Å². The molecule has 1 N–H and O–H groups in total. The molecule has 2 heterocycles. The molecule has 0 saturated carbocycles. The second-order valence-electron chi connectivity index (χ2n) is 5.42. The van der Waals surface area contributed by atoms with Gasteiger partial charge in [-0.1, -0.05) is 12.1 Å². The van der Waals surface area contributed by atoms with Crippen molar-refractivity contribution in [2.75, 3.05) is 10.2 Å². The molecule has 1 unspecified atom stereocenters. The minimum atomic E-state index is -0.625. The van der Waals surface area contributed by atoms with Crippen LogP contribution in [0.15, 0.2) is 42.5 Å². The molecule has 0 bridgehead atoms. The Morgan fingerprint density at radius 2 is 1.65 bits per heavy atom. The zero-order valence-corrected chi connectivity index (χ0v) is 12.2. The van der Waals surface area contributed by atoms with Crippen molar-refractivity contribution < 1.29 is 19.1 Å². The number of hydrogen-bond donors (Lipinski definition) is 1. The molecule has 0 aliphatic carbocycles. The number of benzene rings is 2. The monoisotopic (exact) mass is 308 g/mol. The third kappa shape index (κ3) is 1.92. The molecule has 23 heavy (non-hydrogen) atoms. The van der Waals surface area contributed by atoms with Crippen LogP contribution in [0, 0.1) is 0 Å². The van der Waals surface area contributed by atoms with Gasteiger partial charge in [0, 0.05) is 6.07 Å². The van der Waals surface area contributed by atoms with Gasteiger partial charge in [0.15, 0.2) is 6.10 Å². The standard InChI is InChI=1S/C17H12N2O4/c1-9-15(20)18-13-7-6-10(8-14(13)23-9)19-16(21)11-4-2-3-5-12(11)17(19)22/h2-9H,1H3,(H,18,20). The smallest absolute Gasteiger partial charge is 0.266 e. The highest BCUT2D eigenvalue weighted by atomic mass is 16.5. The van der Waals surface area contributed by atoms with Crippen molar-refractivity contribution in [2.45, 2.75) is 13.0 Å². The van der Waals surface area contributed by atoms with Crippen LogP contribution in [-0.4, -0.2) is 23.8 Å². The molecule has 6 heteroatoms. The molecule has 2 aromatic rings. The number of fused-ring (bicyclic) bond motifs is 2. The van der Waals surface area contributed by atoms with Crippen LogP contribution in [0.2, 0.25) is 0 Å². The Hall–Kier alpha value is -3.15. The molecule has 0 spiro atoms. The van der Waals surface area contributed by atoms with E-state index in [1.54, 1.807) is 49.4 Å². The van der Waals surface area contributed by atoms with Gasteiger partial charge < -0.3 is 10.1 Å². The molecular formula is C17H12N2O4. The molecule has 2 aliphatic heterocycles. The van der Waals surface area contributed by atoms with Crippen molar-refractivity contribution in [3.05, 3.63) is 53.6 Å². The zero-order chi connectivity index (χ0) is 16.1. The zero-order valence-electron chi connectivity index (χ0n) is 12.2. The summed E-state index contributed by atoms with van der Waals surface area (Å²) in [6, 6.07) is 11.5. The van der Waals surface area contributed by atoms with Crippen LogP contribution < -0.4 is 15.0 Å². The predicted octanol–water partition coefficient (Wildman–Crippen LogP) is 2.21. The Bertz CT molecular complexity index is 840. The van der Waals surface area contributed by atoms with Crippen molar-refractivity contribution in [3.8, 4) is 5.75 Å². The number of nitrogens with one attached hydrogen (secondary N) is 1. The van der Waals surface area contributed by atoms with Gasteiger partial charge in [0.05, 0.1) is 22.5 Å². The summed E-state index contributed by atoms with van der Waals surface area (Å²) in [5.41, 5.74) is 1.71. The quantitative estimate of drug-likeness (QED) is 0.820. The first-order chi connectivity index (χ1) is 11.1. The highest BCUT2D eigenvalue weighted by Crippen LogP contribution is 2.36. The summed E-state index contributed by atoms with van der Waals surface area (Å²) < 4.78 is 5.53. The highest BCUT2D eigenvalue weighted by molar-refractivity contribution is 6.34. The van der Waals surface area contributed by atoms with Crippen LogP contribution in [0.4, 0.5) is 11.4 Å². The van der Waals surface area contributed by atoms with Crippen LogP contribution in [0.5, 0.6) is 5.75 Å². The lowest BCUT2D eigenvalue weighted by Crippen LogP contribution is -2.35. The third-order valence-electron chi connectivity index (χ3n) is 3.95. The van der Waals surface area contributed by atoms with Gasteiger partial charge in [0.25, 0.3) is 17.7 Å². The first-order valence-corrected chi connectivity index (χ1v) is 7.15. The van der Waals surface area contributed by atoms with Gasteiger partial charge in [0.1, 0.15) is 5.75 Å². The van der Waals surface area contributed by atoms with E-state index in [-0.39, 0.29) is 17.7 Å². The van der Waals surface area contributed by atoms with E-state index in [0.29, 0.717) is 28.3 Å². The number of anilines is 2. The lowest BCUT2D eigenvalue weighted by molar-refractivity contribution is -0.122. The van der Waals surface area contributed by atoms with E-state index in [4.69, 9.17) is 4.74 Å². The number of nitrogens with zero attached hydrogens (tertiary/aromatic N) is 1. The van der Waals surface area contributed by atoms with Crippen molar-refractivity contribution in [3.63, 3.8) is 0 Å². The Kier molecular flexibility index (Phi) is 2.74. The maximum atomic E-state index is 12.5. The Balaban J connectivity index is 1.76. The largest absolute Gasteiger partial charge is 0.479 e. The Morgan fingerprint density at radius 3 is 2.30 bits per heavy atom. The van der Waals surface area contributed by atoms with Crippen LogP contribution in [-0.2, 0) is 4.79 Å². The maximum absolute atomic E-state index is 12.5. The summed E-state index contributed by atoms with van der Waals surface area (Å²) in [5, 5.41) is 2.71. The van der Waals surface area contributed by atoms with Gasteiger partial charge in [0.2, 0.25) is 0 Å². The molecule has 6 nitrogen and oxygen atoms in total. The van der Waals surface area contributed by atoms with Crippen molar-refractivity contribution in [2.24, 2.45) is 0 Å². The number of hydrogen-bond acceptors (Lipinski definition) is 4. The molecule has 114 valence electrons. The fraction of sp³-hybridized carbons (Fsp3) is 0.118. The number of amides is 3. The van der Waals surface area contributed by atoms with Crippen LogP contribution in [0.25, 0.3) is 0 Å². The van der Waals surface area contributed by atoms with Crippen LogP contribution in [0.3, 0.4) is 0 Å². The molecule has 4 rings (SSSR count). The van der Waals surface area contributed by atoms with Gasteiger partial charge in [-0.15, -0.1) is 0 Å². The van der Waals surface area contributed by atoms with Crippen molar-refractivity contribution >= 4 is 29.1 Å². The van der Waals surface area contributed by atoms with Crippen LogP contribution >= 0.6 is 0 Å². The van der Waals surface area contributed by atoms with E-state index in [9.17, 15) is 14.4 Å². The van der Waals surface area contributed by atoms with Gasteiger partial charge in [-0.05, 0) is 31.2 Å². The molecule has 1 atom stereocenters. The summed E-state index contributed by atoms with van der Waals surface area (Å²) in [4.78, 5) is 37.7. The molecule has 3 amide bonds. The van der Waals surface area contributed by atoms with E-state index < -0.39 is 6.10 Å². The molecule has 0 saturated heterocycles. The average Bonchev–Trinajstić information content (AvgIpc) is 2.80. The maximum Gasteiger partial charge on any atom is 0.266 e. The van der Waals surface area contributed by atoms with Gasteiger partial charge in [-0.2, -0.15) is 0 Å². The van der Waals surface area contributed by atoms with Crippen molar-refractivity contribution in [1.82, 2.24) is 0 Å². The SMILES string of the molecule is CC1Oc2cc(N3C(=O)c4ccccc4C3=O)ccc2NC1=O. The number of ether oxygens (including phenoxy) is 1. The topological polar surface area (TPSA) is 75.7 Å². The molecule has 0 radical (unpaired) electrons. The van der Waals surface area contributed by atoms with Crippen LogP contribution in [0.1, 0.15) is 27.6 Å². The lowest BCUT2D eigenvalue weighted by Gasteiger charge is -2.24. The summed E-state index contributed by atoms with van der Waals surface area (Å²) in [5.74, 6) is -0.519. The first-order valence-electron chi connectivity index (χ1n) is 7.15. The minimum absolute atomic E-state index is 0.231. The van der Waals surface area contributed by atoms with Gasteiger partial charge in [-0.25, -0.2) is 4.90 Å². The number of carbonyl (C=O) groups is 3.